The standard InChI is InChI=1S/C20H24N4O3/c1-13-18(20(26)22-10-15-5-4-6-17(9-15)27-3)11-21-19(23-13)16-7-8-24(12-16)14(2)25/h4-6,9,11,16H,7-8,10,12H2,1-3H3,(H,22,26)/t16-/m1/s1. The number of nitrogens with one attached hydrogen (secondary N) is 1. The van der Waals surface area contributed by atoms with E-state index in [1.165, 1.54) is 0 Å². The monoisotopic (exact) mass is 368 g/mol. The van der Waals surface area contributed by atoms with Gasteiger partial charge in [-0.05, 0) is 31.0 Å². The molecule has 2 aromatic rings. The maximum absolute atomic E-state index is 12.5. The molecule has 3 rings (SSSR count). The molecule has 7 heteroatoms. The number of hydrogen-bond acceptors (Lipinski definition) is 5. The molecule has 27 heavy (non-hydrogen) atoms. The van der Waals surface area contributed by atoms with Gasteiger partial charge in [0.15, 0.2) is 0 Å². The maximum Gasteiger partial charge on any atom is 0.254 e. The lowest BCUT2D eigenvalue weighted by atomic mass is 10.1. The van der Waals surface area contributed by atoms with Crippen molar-refractivity contribution >= 4 is 11.8 Å². The Labute approximate surface area is 158 Å². The van der Waals surface area contributed by atoms with E-state index in [4.69, 9.17) is 4.74 Å². The molecule has 1 aliphatic rings. The van der Waals surface area contributed by atoms with Crippen molar-refractivity contribution in [2.45, 2.75) is 32.7 Å². The van der Waals surface area contributed by atoms with Crippen molar-refractivity contribution in [2.75, 3.05) is 20.2 Å². The van der Waals surface area contributed by atoms with Crippen LogP contribution in [0.2, 0.25) is 0 Å². The molecule has 1 aliphatic heterocycles. The van der Waals surface area contributed by atoms with E-state index in [1.54, 1.807) is 25.1 Å². The Morgan fingerprint density at radius 2 is 2.19 bits per heavy atom. The smallest absolute Gasteiger partial charge is 0.254 e. The summed E-state index contributed by atoms with van der Waals surface area (Å²) in [4.78, 5) is 34.7. The molecule has 0 bridgehead atoms. The number of likely N-dealkylation sites (tertiary alicyclic amines) is 1. The number of methoxy groups -OCH3 is 1. The van der Waals surface area contributed by atoms with Crippen molar-refractivity contribution in [3.05, 3.63) is 53.1 Å². The van der Waals surface area contributed by atoms with Gasteiger partial charge in [-0.1, -0.05) is 12.1 Å². The van der Waals surface area contributed by atoms with Gasteiger partial charge < -0.3 is 15.0 Å². The highest BCUT2D eigenvalue weighted by Gasteiger charge is 2.28. The zero-order valence-electron chi connectivity index (χ0n) is 15.9. The lowest BCUT2D eigenvalue weighted by Crippen LogP contribution is -2.26. The first kappa shape index (κ1) is 18.8. The van der Waals surface area contributed by atoms with Crippen LogP contribution in [0, 0.1) is 6.92 Å². The van der Waals surface area contributed by atoms with E-state index >= 15 is 0 Å². The van der Waals surface area contributed by atoms with E-state index < -0.39 is 0 Å². The molecule has 1 aromatic carbocycles. The topological polar surface area (TPSA) is 84.4 Å². The van der Waals surface area contributed by atoms with Gasteiger partial charge in [0.1, 0.15) is 11.6 Å². The highest BCUT2D eigenvalue weighted by atomic mass is 16.5. The average Bonchev–Trinajstić information content (AvgIpc) is 3.17. The minimum absolute atomic E-state index is 0.0720. The third-order valence-electron chi connectivity index (χ3n) is 4.83. The second-order valence-corrected chi connectivity index (χ2v) is 6.71. The van der Waals surface area contributed by atoms with Crippen LogP contribution in [-0.4, -0.2) is 46.9 Å². The average molecular weight is 368 g/mol. The lowest BCUT2D eigenvalue weighted by Gasteiger charge is -2.14. The van der Waals surface area contributed by atoms with Crippen molar-refractivity contribution in [1.82, 2.24) is 20.2 Å². The molecule has 2 heterocycles. The molecule has 0 aliphatic carbocycles. The first-order valence-electron chi connectivity index (χ1n) is 8.98. The Morgan fingerprint density at radius 1 is 1.37 bits per heavy atom. The fourth-order valence-corrected chi connectivity index (χ4v) is 3.22. The number of rotatable bonds is 5. The first-order valence-corrected chi connectivity index (χ1v) is 8.98. The van der Waals surface area contributed by atoms with Crippen LogP contribution in [0.4, 0.5) is 0 Å². The summed E-state index contributed by atoms with van der Waals surface area (Å²) >= 11 is 0. The number of hydrogen-bond donors (Lipinski definition) is 1. The second kappa shape index (κ2) is 8.16. The van der Waals surface area contributed by atoms with E-state index in [-0.39, 0.29) is 17.7 Å². The van der Waals surface area contributed by atoms with E-state index in [0.717, 1.165) is 24.3 Å². The van der Waals surface area contributed by atoms with Crippen LogP contribution >= 0.6 is 0 Å². The van der Waals surface area contributed by atoms with Gasteiger partial charge in [-0.2, -0.15) is 0 Å². The first-order chi connectivity index (χ1) is 13.0. The van der Waals surface area contributed by atoms with Gasteiger partial charge in [0.05, 0.1) is 18.4 Å². The Hall–Kier alpha value is -2.96. The molecular formula is C20H24N4O3. The fourth-order valence-electron chi connectivity index (χ4n) is 3.22. The molecule has 1 aromatic heterocycles. The lowest BCUT2D eigenvalue weighted by molar-refractivity contribution is -0.127. The summed E-state index contributed by atoms with van der Waals surface area (Å²) in [5.41, 5.74) is 2.06. The molecule has 142 valence electrons. The largest absolute Gasteiger partial charge is 0.497 e. The number of ether oxygens (including phenoxy) is 1. The van der Waals surface area contributed by atoms with Crippen LogP contribution < -0.4 is 10.1 Å². The third-order valence-corrected chi connectivity index (χ3v) is 4.83. The molecule has 1 fully saturated rings. The minimum Gasteiger partial charge on any atom is -0.497 e. The van der Waals surface area contributed by atoms with Crippen LogP contribution in [0.15, 0.2) is 30.5 Å². The van der Waals surface area contributed by atoms with Gasteiger partial charge in [0.2, 0.25) is 5.91 Å². The summed E-state index contributed by atoms with van der Waals surface area (Å²) in [6.07, 6.45) is 2.43. The van der Waals surface area contributed by atoms with E-state index in [9.17, 15) is 9.59 Å². The summed E-state index contributed by atoms with van der Waals surface area (Å²) in [5.74, 6) is 1.44. The van der Waals surface area contributed by atoms with Crippen molar-refractivity contribution in [3.8, 4) is 5.75 Å². The SMILES string of the molecule is COc1cccc(CNC(=O)c2cnc([C@@H]3CCN(C(C)=O)C3)nc2C)c1. The molecule has 1 atom stereocenters. The van der Waals surface area contributed by atoms with Gasteiger partial charge in [-0.15, -0.1) is 0 Å². The second-order valence-electron chi connectivity index (χ2n) is 6.71. The van der Waals surface area contributed by atoms with Crippen LogP contribution in [0.1, 0.15) is 46.7 Å². The maximum atomic E-state index is 12.5. The van der Waals surface area contributed by atoms with Crippen molar-refractivity contribution in [3.63, 3.8) is 0 Å². The Kier molecular flexibility index (Phi) is 5.69. The van der Waals surface area contributed by atoms with E-state index in [0.29, 0.717) is 30.2 Å². The number of carbonyl (C=O) groups is 2. The number of aryl methyl sites for hydroxylation is 1. The molecule has 0 saturated carbocycles. The molecule has 0 spiro atoms. The molecular weight excluding hydrogens is 344 g/mol. The normalized spacial score (nSPS) is 16.3. The molecule has 0 unspecified atom stereocenters. The fraction of sp³-hybridized carbons (Fsp3) is 0.400. The summed E-state index contributed by atoms with van der Waals surface area (Å²) in [6.45, 7) is 5.14. The summed E-state index contributed by atoms with van der Waals surface area (Å²) in [7, 11) is 1.61. The number of carbonyl (C=O) groups excluding carboxylic acids is 2. The van der Waals surface area contributed by atoms with Gasteiger partial charge >= 0.3 is 0 Å². The summed E-state index contributed by atoms with van der Waals surface area (Å²) < 4.78 is 5.19. The molecule has 1 N–H and O–H groups in total. The van der Waals surface area contributed by atoms with E-state index in [2.05, 4.69) is 15.3 Å². The van der Waals surface area contributed by atoms with Gasteiger partial charge in [0.25, 0.3) is 5.91 Å². The summed E-state index contributed by atoms with van der Waals surface area (Å²) in [6, 6.07) is 7.55. The molecule has 0 radical (unpaired) electrons. The van der Waals surface area contributed by atoms with Crippen molar-refractivity contribution in [2.24, 2.45) is 0 Å². The number of aromatic nitrogens is 2. The summed E-state index contributed by atoms with van der Waals surface area (Å²) in [5, 5.41) is 2.89. The molecule has 7 nitrogen and oxygen atoms in total. The van der Waals surface area contributed by atoms with Crippen molar-refractivity contribution in [1.29, 1.82) is 0 Å². The van der Waals surface area contributed by atoms with Gasteiger partial charge in [0, 0.05) is 38.7 Å². The number of benzene rings is 1. The predicted octanol–water partition coefficient (Wildman–Crippen LogP) is 2.06. The zero-order chi connectivity index (χ0) is 19.4. The van der Waals surface area contributed by atoms with Crippen LogP contribution in [0.5, 0.6) is 5.75 Å². The minimum atomic E-state index is -0.210. The van der Waals surface area contributed by atoms with Crippen LogP contribution in [0.25, 0.3) is 0 Å². The zero-order valence-corrected chi connectivity index (χ0v) is 15.9. The van der Waals surface area contributed by atoms with Gasteiger partial charge in [-0.3, -0.25) is 9.59 Å². The van der Waals surface area contributed by atoms with Gasteiger partial charge in [-0.25, -0.2) is 9.97 Å². The Balaban J connectivity index is 1.64. The molecule has 2 amide bonds. The Bertz CT molecular complexity index is 853. The van der Waals surface area contributed by atoms with E-state index in [1.807, 2.05) is 31.2 Å². The highest BCUT2D eigenvalue weighted by molar-refractivity contribution is 5.94. The third kappa shape index (κ3) is 4.42. The highest BCUT2D eigenvalue weighted by Crippen LogP contribution is 2.25. The van der Waals surface area contributed by atoms with Crippen LogP contribution in [0.3, 0.4) is 0 Å². The number of amides is 2. The van der Waals surface area contributed by atoms with Crippen LogP contribution in [-0.2, 0) is 11.3 Å². The predicted molar refractivity (Wildman–Crippen MR) is 101 cm³/mol. The molecule has 1 saturated heterocycles. The quantitative estimate of drug-likeness (QED) is 0.873. The Morgan fingerprint density at radius 3 is 2.85 bits per heavy atom. The number of nitrogens with zero attached hydrogens (tertiary/aromatic N) is 3. The van der Waals surface area contributed by atoms with Crippen molar-refractivity contribution < 1.29 is 14.3 Å².